The topological polar surface area (TPSA) is 56.0 Å². The molecule has 4 rings (SSSR count). The molecule has 2 aromatic heterocycles. The third kappa shape index (κ3) is 3.06. The predicted molar refractivity (Wildman–Crippen MR) is 96.9 cm³/mol. The van der Waals surface area contributed by atoms with Gasteiger partial charge in [0.2, 0.25) is 0 Å². The lowest BCUT2D eigenvalue weighted by molar-refractivity contribution is -0.138. The van der Waals surface area contributed by atoms with Crippen LogP contribution < -0.4 is 4.90 Å². The van der Waals surface area contributed by atoms with Gasteiger partial charge in [-0.15, -0.1) is 0 Å². The van der Waals surface area contributed by atoms with Crippen LogP contribution in [0.15, 0.2) is 36.8 Å². The first-order valence-electron chi connectivity index (χ1n) is 8.79. The number of amides is 1. The lowest BCUT2D eigenvalue weighted by Crippen LogP contribution is -2.36. The lowest BCUT2D eigenvalue weighted by atomic mass is 9.95. The number of carbonyl (C=O) groups excluding carboxylic acids is 1. The van der Waals surface area contributed by atoms with Gasteiger partial charge in [-0.05, 0) is 30.5 Å². The minimum absolute atomic E-state index is 0.168. The van der Waals surface area contributed by atoms with Crippen LogP contribution in [0, 0.1) is 0 Å². The van der Waals surface area contributed by atoms with Crippen molar-refractivity contribution < 1.29 is 18.0 Å². The fourth-order valence-electron chi connectivity index (χ4n) is 3.65. The molecule has 0 saturated carbocycles. The van der Waals surface area contributed by atoms with Crippen LogP contribution in [0.2, 0.25) is 0 Å². The average molecular weight is 389 g/mol. The molecule has 1 aromatic carbocycles. The van der Waals surface area contributed by atoms with Gasteiger partial charge in [0.15, 0.2) is 0 Å². The van der Waals surface area contributed by atoms with Gasteiger partial charge >= 0.3 is 6.18 Å². The van der Waals surface area contributed by atoms with Crippen LogP contribution in [0.5, 0.6) is 0 Å². The van der Waals surface area contributed by atoms with Crippen LogP contribution in [-0.2, 0) is 26.7 Å². The Bertz CT molecular complexity index is 1050. The van der Waals surface area contributed by atoms with E-state index in [0.29, 0.717) is 35.5 Å². The number of fused-ring (bicyclic) bond motifs is 1. The van der Waals surface area contributed by atoms with Gasteiger partial charge in [0.1, 0.15) is 5.69 Å². The summed E-state index contributed by atoms with van der Waals surface area (Å²) in [6.07, 6.45) is 1.24. The summed E-state index contributed by atoms with van der Waals surface area (Å²) >= 11 is 0. The minimum Gasteiger partial charge on any atom is -0.308 e. The average Bonchev–Trinajstić information content (AvgIpc) is 3.24. The van der Waals surface area contributed by atoms with E-state index < -0.39 is 11.7 Å². The summed E-state index contributed by atoms with van der Waals surface area (Å²) in [5, 5.41) is 8.47. The van der Waals surface area contributed by atoms with Crippen molar-refractivity contribution in [1.29, 1.82) is 0 Å². The summed E-state index contributed by atoms with van der Waals surface area (Å²) in [5.74, 6) is -0.368. The van der Waals surface area contributed by atoms with Crippen molar-refractivity contribution in [3.63, 3.8) is 0 Å². The second-order valence-corrected chi connectivity index (χ2v) is 6.83. The van der Waals surface area contributed by atoms with Gasteiger partial charge < -0.3 is 4.90 Å². The molecule has 0 saturated heterocycles. The van der Waals surface area contributed by atoms with E-state index in [4.69, 9.17) is 0 Å². The quantitative estimate of drug-likeness (QED) is 0.675. The molecule has 1 amide bonds. The number of hydrogen-bond donors (Lipinski definition) is 0. The standard InChI is InChI=1S/C19H18F3N5O/c1-25-10-12(9-23-25)17-14(11-26(2)24-17)18(28)27-8-4-5-13-15(19(20,21)22)6-3-7-16(13)27/h3,6-7,9-11H,4-5,8H2,1-2H3. The third-order valence-corrected chi connectivity index (χ3v) is 4.84. The lowest BCUT2D eigenvalue weighted by Gasteiger charge is -2.31. The van der Waals surface area contributed by atoms with E-state index >= 15 is 0 Å². The van der Waals surface area contributed by atoms with Crippen molar-refractivity contribution in [3.05, 3.63) is 53.5 Å². The van der Waals surface area contributed by atoms with Crippen molar-refractivity contribution >= 4 is 11.6 Å². The Morgan fingerprint density at radius 1 is 1.14 bits per heavy atom. The van der Waals surface area contributed by atoms with Crippen molar-refractivity contribution in [2.24, 2.45) is 14.1 Å². The van der Waals surface area contributed by atoms with Gasteiger partial charge in [-0.2, -0.15) is 23.4 Å². The second-order valence-electron chi connectivity index (χ2n) is 6.83. The zero-order valence-electron chi connectivity index (χ0n) is 15.4. The summed E-state index contributed by atoms with van der Waals surface area (Å²) in [7, 11) is 3.45. The Hall–Kier alpha value is -3.10. The van der Waals surface area contributed by atoms with Gasteiger partial charge in [-0.3, -0.25) is 14.2 Å². The molecule has 0 aliphatic carbocycles. The predicted octanol–water partition coefficient (Wildman–Crippen LogP) is 3.43. The highest BCUT2D eigenvalue weighted by Gasteiger charge is 2.37. The normalized spacial score (nSPS) is 14.2. The maximum Gasteiger partial charge on any atom is 0.416 e. The number of rotatable bonds is 2. The van der Waals surface area contributed by atoms with E-state index in [2.05, 4.69) is 10.2 Å². The van der Waals surface area contributed by atoms with E-state index in [1.807, 2.05) is 0 Å². The van der Waals surface area contributed by atoms with Gasteiger partial charge in [-0.25, -0.2) is 0 Å². The van der Waals surface area contributed by atoms with Crippen LogP contribution in [0.25, 0.3) is 11.3 Å². The monoisotopic (exact) mass is 389 g/mol. The maximum absolute atomic E-state index is 13.4. The number of alkyl halides is 3. The third-order valence-electron chi connectivity index (χ3n) is 4.84. The number of halogens is 3. The fourth-order valence-corrected chi connectivity index (χ4v) is 3.65. The molecular weight excluding hydrogens is 371 g/mol. The number of nitrogens with zero attached hydrogens (tertiary/aromatic N) is 5. The van der Waals surface area contributed by atoms with Gasteiger partial charge in [0.05, 0.1) is 17.3 Å². The van der Waals surface area contributed by atoms with Crippen LogP contribution in [0.1, 0.15) is 27.9 Å². The summed E-state index contributed by atoms with van der Waals surface area (Å²) in [6.45, 7) is 0.356. The molecule has 9 heteroatoms. The van der Waals surface area contributed by atoms with Crippen molar-refractivity contribution in [1.82, 2.24) is 19.6 Å². The largest absolute Gasteiger partial charge is 0.416 e. The van der Waals surface area contributed by atoms with Crippen LogP contribution in [0.4, 0.5) is 18.9 Å². The molecule has 0 radical (unpaired) electrons. The Morgan fingerprint density at radius 3 is 2.61 bits per heavy atom. The van der Waals surface area contributed by atoms with Gasteiger partial charge in [0, 0.05) is 44.3 Å². The van der Waals surface area contributed by atoms with Crippen molar-refractivity contribution in [2.75, 3.05) is 11.4 Å². The zero-order valence-corrected chi connectivity index (χ0v) is 15.4. The molecule has 0 unspecified atom stereocenters. The highest BCUT2D eigenvalue weighted by Crippen LogP contribution is 2.39. The number of benzene rings is 1. The molecule has 3 heterocycles. The molecule has 0 atom stereocenters. The smallest absolute Gasteiger partial charge is 0.308 e. The molecule has 28 heavy (non-hydrogen) atoms. The fraction of sp³-hybridized carbons (Fsp3) is 0.316. The molecule has 0 N–H and O–H groups in total. The highest BCUT2D eigenvalue weighted by atomic mass is 19.4. The second kappa shape index (κ2) is 6.50. The molecule has 0 fully saturated rings. The molecule has 146 valence electrons. The highest BCUT2D eigenvalue weighted by molar-refractivity contribution is 6.10. The van der Waals surface area contributed by atoms with Crippen LogP contribution in [0.3, 0.4) is 0 Å². The van der Waals surface area contributed by atoms with E-state index in [1.165, 1.54) is 15.6 Å². The Balaban J connectivity index is 1.78. The summed E-state index contributed by atoms with van der Waals surface area (Å²) < 4.78 is 43.3. The number of aryl methyl sites for hydroxylation is 2. The maximum atomic E-state index is 13.4. The molecular formula is C19H18F3N5O. The molecule has 0 spiro atoms. The van der Waals surface area contributed by atoms with Gasteiger partial charge in [0.25, 0.3) is 5.91 Å². The van der Waals surface area contributed by atoms with Crippen molar-refractivity contribution in [2.45, 2.75) is 19.0 Å². The SMILES string of the molecule is Cn1cc(-c2nn(C)cc2C(=O)N2CCCc3c2cccc3C(F)(F)F)cn1. The molecule has 3 aromatic rings. The first-order valence-corrected chi connectivity index (χ1v) is 8.79. The van der Waals surface area contributed by atoms with E-state index in [9.17, 15) is 18.0 Å². The summed E-state index contributed by atoms with van der Waals surface area (Å²) in [5.41, 5.74) is 1.27. The first-order chi connectivity index (χ1) is 13.3. The number of anilines is 1. The minimum atomic E-state index is -4.45. The zero-order chi connectivity index (χ0) is 20.1. The summed E-state index contributed by atoms with van der Waals surface area (Å²) in [4.78, 5) is 14.7. The first kappa shape index (κ1) is 18.3. The Labute approximate surface area is 159 Å². The molecule has 6 nitrogen and oxygen atoms in total. The number of aromatic nitrogens is 4. The Kier molecular flexibility index (Phi) is 4.24. The van der Waals surface area contributed by atoms with Gasteiger partial charge in [-0.1, -0.05) is 6.07 Å². The van der Waals surface area contributed by atoms with Crippen LogP contribution in [-0.4, -0.2) is 32.0 Å². The Morgan fingerprint density at radius 2 is 1.93 bits per heavy atom. The van der Waals surface area contributed by atoms with E-state index in [1.54, 1.807) is 43.4 Å². The van der Waals surface area contributed by atoms with E-state index in [0.717, 1.165) is 6.07 Å². The molecule has 1 aliphatic rings. The molecule has 0 bridgehead atoms. The van der Waals surface area contributed by atoms with E-state index in [-0.39, 0.29) is 17.9 Å². The van der Waals surface area contributed by atoms with Crippen LogP contribution >= 0.6 is 0 Å². The molecule has 1 aliphatic heterocycles. The number of hydrogen-bond acceptors (Lipinski definition) is 3. The van der Waals surface area contributed by atoms with Crippen molar-refractivity contribution in [3.8, 4) is 11.3 Å². The number of carbonyl (C=O) groups is 1. The summed E-state index contributed by atoms with van der Waals surface area (Å²) in [6, 6.07) is 3.98.